The average Bonchev–Trinajstić information content (AvgIpc) is 1.11. The Labute approximate surface area is 734 Å². The summed E-state index contributed by atoms with van der Waals surface area (Å²) in [5, 5.41) is 4.90. The van der Waals surface area contributed by atoms with Gasteiger partial charge in [-0.1, -0.05) is 350 Å². The van der Waals surface area contributed by atoms with E-state index in [1.165, 1.54) is 60.2 Å². The molecule has 0 unspecified atom stereocenters. The highest BCUT2D eigenvalue weighted by molar-refractivity contribution is 7.00. The molecule has 17 aromatic carbocycles. The molecule has 0 saturated heterocycles. The Morgan fingerprint density at radius 2 is 0.600 bits per heavy atom. The van der Waals surface area contributed by atoms with Gasteiger partial charge in [-0.3, -0.25) is 0 Å². The maximum atomic E-state index is 7.35. The Balaban J connectivity index is 0.944. The van der Waals surface area contributed by atoms with Crippen molar-refractivity contribution in [2.45, 2.75) is 110 Å². The summed E-state index contributed by atoms with van der Waals surface area (Å²) in [5.41, 5.74) is 36.0. The van der Waals surface area contributed by atoms with Crippen molar-refractivity contribution in [1.29, 1.82) is 0 Å². The third-order valence-corrected chi connectivity index (χ3v) is 27.0. The first-order valence-electron chi connectivity index (χ1n) is 44.3. The van der Waals surface area contributed by atoms with Crippen molar-refractivity contribution in [1.82, 2.24) is 9.13 Å². The number of nitrogens with zero attached hydrogens (tertiary/aromatic N) is 4. The third kappa shape index (κ3) is 12.5. The molecule has 0 amide bonds. The SMILES string of the molecule is CC(C)(C)c1cc(-c2ccccc2)c(N2c3cc(-n4c5ccccc5c5cc(C(C)(C)C)ccc54)ccc3B3c4ccc(-n5c6ccccc6c6cc(C(C)(C)C)ccc65)cc4N(c4c(-c5ccccc5)cc(C(C)(C)C)cc4-c4ccccc4)c4cc(-c5ccc6c(c5)C(c5ccccc5)(c5ccccc5)c5ccccc5O6)cc2c43)c(-c2ccccc2)c1. The van der Waals surface area contributed by atoms with Crippen molar-refractivity contribution in [3.63, 3.8) is 0 Å². The zero-order valence-corrected chi connectivity index (χ0v) is 73.1. The van der Waals surface area contributed by atoms with Crippen LogP contribution in [-0.2, 0) is 27.1 Å². The van der Waals surface area contributed by atoms with Gasteiger partial charge in [-0.05, 0) is 220 Å². The number of hydrogen-bond acceptors (Lipinski definition) is 3. The van der Waals surface area contributed by atoms with E-state index in [9.17, 15) is 0 Å². The van der Waals surface area contributed by atoms with E-state index in [4.69, 9.17) is 4.74 Å². The Morgan fingerprint density at radius 3 is 1.00 bits per heavy atom. The molecule has 0 aliphatic carbocycles. The van der Waals surface area contributed by atoms with Gasteiger partial charge in [-0.2, -0.15) is 0 Å². The van der Waals surface area contributed by atoms with Gasteiger partial charge < -0.3 is 23.7 Å². The first-order valence-corrected chi connectivity index (χ1v) is 44.3. The van der Waals surface area contributed by atoms with Crippen molar-refractivity contribution >= 4 is 101 Å². The summed E-state index contributed by atoms with van der Waals surface area (Å²) in [5.74, 6) is 1.64. The molecule has 5 nitrogen and oxygen atoms in total. The summed E-state index contributed by atoms with van der Waals surface area (Å²) >= 11 is 0. The molecule has 0 N–H and O–H groups in total. The van der Waals surface area contributed by atoms with Crippen LogP contribution in [-0.4, -0.2) is 15.8 Å². The Hall–Kier alpha value is -14.2. The number of anilines is 6. The van der Waals surface area contributed by atoms with E-state index in [2.05, 4.69) is 484 Å². The minimum absolute atomic E-state index is 0.0795. The van der Waals surface area contributed by atoms with Crippen molar-refractivity contribution in [3.8, 4) is 78.5 Å². The molecule has 3 aliphatic rings. The van der Waals surface area contributed by atoms with Crippen LogP contribution in [0.5, 0.6) is 11.5 Å². The molecule has 2 aromatic heterocycles. The molecule has 0 atom stereocenters. The predicted molar refractivity (Wildman–Crippen MR) is 530 cm³/mol. The molecule has 5 heterocycles. The van der Waals surface area contributed by atoms with E-state index in [1.807, 2.05) is 0 Å². The highest BCUT2D eigenvalue weighted by Gasteiger charge is 2.49. The van der Waals surface area contributed by atoms with E-state index >= 15 is 0 Å². The number of rotatable bonds is 11. The standard InChI is InChI=1S/C119H99BN4O/c1-115(2,3)84-56-62-104-96(68-84)90-49-31-34-52-102(90)121(104)88-58-60-100-106(74-88)123(113-92(76-37-19-13-20-38-76)70-86(117(7,8)9)71-93(113)77-39-21-14-22-40-77)108-66-81(80-55-64-111-99(65-80)119(82-45-27-17-28-46-82,83-47-29-18-30-48-83)98-51-33-36-54-110(98)125-111)67-109-112(108)120(100)101-61-59-89(122-103-53-35-32-50-91(103)97-69-85(116(4,5)6)57-63-105(97)122)75-107(101)124(109)114-94(78-41-23-15-24-42-78)72-87(118(10,11)12)73-95(114)79-43-25-16-26-44-79/h13-75H,1-12H3. The van der Waals surface area contributed by atoms with E-state index in [1.54, 1.807) is 0 Å². The van der Waals surface area contributed by atoms with Crippen LogP contribution in [0.3, 0.4) is 0 Å². The first kappa shape index (κ1) is 76.9. The van der Waals surface area contributed by atoms with Crippen LogP contribution in [0.4, 0.5) is 34.1 Å². The normalized spacial score (nSPS) is 13.5. The third-order valence-electron chi connectivity index (χ3n) is 27.0. The summed E-state index contributed by atoms with van der Waals surface area (Å²) in [6.07, 6.45) is 0. The maximum absolute atomic E-state index is 7.35. The van der Waals surface area contributed by atoms with E-state index < -0.39 is 5.41 Å². The number of fused-ring (bicyclic) bond motifs is 12. The number of hydrogen-bond donors (Lipinski definition) is 0. The number of benzene rings is 17. The van der Waals surface area contributed by atoms with Crippen LogP contribution in [0.25, 0.3) is 111 Å². The molecule has 6 heteroatoms. The first-order chi connectivity index (χ1) is 60.5. The van der Waals surface area contributed by atoms with Crippen molar-refractivity contribution in [3.05, 3.63) is 427 Å². The molecule has 22 rings (SSSR count). The Bertz CT molecular complexity index is 7010. The van der Waals surface area contributed by atoms with Crippen LogP contribution in [0.1, 0.15) is 128 Å². The minimum Gasteiger partial charge on any atom is -0.457 e. The summed E-state index contributed by atoms with van der Waals surface area (Å²) in [6.45, 7) is 27.8. The van der Waals surface area contributed by atoms with Crippen molar-refractivity contribution in [2.24, 2.45) is 0 Å². The molecule has 0 spiro atoms. The number of ether oxygens (including phenoxy) is 1. The quantitative estimate of drug-likeness (QED) is 0.121. The summed E-state index contributed by atoms with van der Waals surface area (Å²) in [6, 6.07) is 146. The molecule has 3 aliphatic heterocycles. The molecule has 19 aromatic rings. The van der Waals surface area contributed by atoms with Gasteiger partial charge in [0.25, 0.3) is 6.71 Å². The second kappa shape index (κ2) is 29.0. The van der Waals surface area contributed by atoms with Gasteiger partial charge in [0.1, 0.15) is 11.5 Å². The second-order valence-electron chi connectivity index (χ2n) is 38.8. The fourth-order valence-corrected chi connectivity index (χ4v) is 20.7. The summed E-state index contributed by atoms with van der Waals surface area (Å²) in [7, 11) is 0. The summed E-state index contributed by atoms with van der Waals surface area (Å²) < 4.78 is 12.4. The lowest BCUT2D eigenvalue weighted by atomic mass is 9.33. The molecule has 604 valence electrons. The summed E-state index contributed by atoms with van der Waals surface area (Å²) in [4.78, 5) is 5.49. The Morgan fingerprint density at radius 1 is 0.248 bits per heavy atom. The minimum atomic E-state index is -0.824. The van der Waals surface area contributed by atoms with Gasteiger partial charge in [0.15, 0.2) is 0 Å². The van der Waals surface area contributed by atoms with E-state index in [-0.39, 0.29) is 28.4 Å². The largest absolute Gasteiger partial charge is 0.457 e. The fourth-order valence-electron chi connectivity index (χ4n) is 20.7. The van der Waals surface area contributed by atoms with Crippen molar-refractivity contribution < 1.29 is 4.74 Å². The molecule has 0 bridgehead atoms. The molecule has 0 radical (unpaired) electrons. The molecule has 0 saturated carbocycles. The van der Waals surface area contributed by atoms with Gasteiger partial charge in [-0.25, -0.2) is 0 Å². The average molecular weight is 1610 g/mol. The molecular formula is C119H99BN4O. The van der Waals surface area contributed by atoms with Gasteiger partial charge >= 0.3 is 0 Å². The van der Waals surface area contributed by atoms with Crippen LogP contribution in [0, 0.1) is 0 Å². The number of aromatic nitrogens is 2. The molecule has 125 heavy (non-hydrogen) atoms. The smallest absolute Gasteiger partial charge is 0.252 e. The zero-order valence-electron chi connectivity index (χ0n) is 73.1. The lowest BCUT2D eigenvalue weighted by Crippen LogP contribution is -2.61. The van der Waals surface area contributed by atoms with Crippen LogP contribution in [0.15, 0.2) is 382 Å². The molecule has 0 fully saturated rings. The Kier molecular flexibility index (Phi) is 17.8. The van der Waals surface area contributed by atoms with Crippen LogP contribution >= 0.6 is 0 Å². The fraction of sp³-hybridized carbons (Fsp3) is 0.143. The van der Waals surface area contributed by atoms with E-state index in [0.29, 0.717) is 0 Å². The van der Waals surface area contributed by atoms with Gasteiger partial charge in [-0.15, -0.1) is 0 Å². The highest BCUT2D eigenvalue weighted by atomic mass is 16.5. The lowest BCUT2D eigenvalue weighted by Gasteiger charge is -2.46. The van der Waals surface area contributed by atoms with E-state index in [0.717, 1.165) is 157 Å². The zero-order chi connectivity index (χ0) is 85.2. The van der Waals surface area contributed by atoms with Gasteiger partial charge in [0.05, 0.1) is 38.9 Å². The van der Waals surface area contributed by atoms with Crippen LogP contribution < -0.4 is 30.9 Å². The monoisotopic (exact) mass is 1610 g/mol. The second-order valence-corrected chi connectivity index (χ2v) is 38.8. The van der Waals surface area contributed by atoms with Crippen molar-refractivity contribution in [2.75, 3.05) is 9.80 Å². The lowest BCUT2D eigenvalue weighted by molar-refractivity contribution is 0.434. The molecular weight excluding hydrogens is 1510 g/mol. The maximum Gasteiger partial charge on any atom is 0.252 e. The van der Waals surface area contributed by atoms with Crippen LogP contribution in [0.2, 0.25) is 0 Å². The topological polar surface area (TPSA) is 25.6 Å². The predicted octanol–water partition coefficient (Wildman–Crippen LogP) is 30.0. The van der Waals surface area contributed by atoms with Gasteiger partial charge in [0.2, 0.25) is 0 Å². The number of para-hydroxylation sites is 3. The van der Waals surface area contributed by atoms with Gasteiger partial charge in [0, 0.05) is 89.0 Å². The highest BCUT2D eigenvalue weighted by Crippen LogP contribution is 2.60.